The highest BCUT2D eigenvalue weighted by atomic mass is 16.4. The van der Waals surface area contributed by atoms with Crippen molar-refractivity contribution in [3.8, 4) is 0 Å². The van der Waals surface area contributed by atoms with Gasteiger partial charge in [0.1, 0.15) is 6.04 Å². The van der Waals surface area contributed by atoms with Crippen molar-refractivity contribution in [1.82, 2.24) is 5.32 Å². The van der Waals surface area contributed by atoms with E-state index in [0.717, 1.165) is 0 Å². The normalized spacial score (nSPS) is 18.8. The molecule has 0 aromatic rings. The molecule has 0 bridgehead atoms. The minimum absolute atomic E-state index is 0.0166. The molecule has 0 heterocycles. The number of carboxylic acid groups (broad SMARTS) is 2. The second-order valence-corrected chi connectivity index (χ2v) is 5.84. The van der Waals surface area contributed by atoms with Gasteiger partial charge in [-0.25, -0.2) is 0 Å². The fraction of sp³-hybridized carbons (Fsp3) is 0.846. The zero-order valence-corrected chi connectivity index (χ0v) is 11.1. The van der Waals surface area contributed by atoms with Crippen molar-refractivity contribution in [3.63, 3.8) is 0 Å². The Morgan fingerprint density at radius 1 is 1.28 bits per heavy atom. The summed E-state index contributed by atoms with van der Waals surface area (Å²) in [6.07, 6.45) is 4.48. The van der Waals surface area contributed by atoms with Gasteiger partial charge in [-0.3, -0.25) is 9.59 Å². The van der Waals surface area contributed by atoms with E-state index in [0.29, 0.717) is 12.5 Å². The first-order valence-electron chi connectivity index (χ1n) is 6.51. The second kappa shape index (κ2) is 6.18. The summed E-state index contributed by atoms with van der Waals surface area (Å²) in [6, 6.07) is -0.997. The van der Waals surface area contributed by atoms with Crippen LogP contribution in [0.2, 0.25) is 0 Å². The minimum Gasteiger partial charge on any atom is -0.481 e. The summed E-state index contributed by atoms with van der Waals surface area (Å²) in [4.78, 5) is 21.5. The zero-order valence-electron chi connectivity index (χ0n) is 11.1. The summed E-state index contributed by atoms with van der Waals surface area (Å²) in [5.41, 5.74) is 0.0166. The van der Waals surface area contributed by atoms with Crippen LogP contribution < -0.4 is 5.32 Å². The molecule has 5 heteroatoms. The van der Waals surface area contributed by atoms with Gasteiger partial charge >= 0.3 is 11.9 Å². The van der Waals surface area contributed by atoms with Crippen LogP contribution >= 0.6 is 0 Å². The average Bonchev–Trinajstić information content (AvgIpc) is 2.77. The lowest BCUT2D eigenvalue weighted by Crippen LogP contribution is -2.44. The van der Waals surface area contributed by atoms with E-state index < -0.39 is 18.0 Å². The molecule has 1 fully saturated rings. The highest BCUT2D eigenvalue weighted by Crippen LogP contribution is 2.39. The minimum atomic E-state index is -1.10. The summed E-state index contributed by atoms with van der Waals surface area (Å²) in [5.74, 6) is -1.59. The lowest BCUT2D eigenvalue weighted by atomic mass is 9.77. The molecule has 0 amide bonds. The standard InChI is InChI=1S/C13H23NO4/c1-13(2,9-5-3-4-6-9)8-14-10(12(17)18)7-11(15)16/h9-10,14H,3-8H2,1-2H3,(H,15,16)(H,17,18). The maximum absolute atomic E-state index is 10.9. The van der Waals surface area contributed by atoms with E-state index >= 15 is 0 Å². The van der Waals surface area contributed by atoms with Crippen LogP contribution in [0.25, 0.3) is 0 Å². The molecule has 1 saturated carbocycles. The number of rotatable bonds is 7. The van der Waals surface area contributed by atoms with Gasteiger partial charge in [0.15, 0.2) is 0 Å². The lowest BCUT2D eigenvalue weighted by Gasteiger charge is -2.33. The van der Waals surface area contributed by atoms with Crippen molar-refractivity contribution in [2.45, 2.75) is 52.0 Å². The molecule has 1 aliphatic rings. The third-order valence-corrected chi connectivity index (χ3v) is 3.94. The molecule has 104 valence electrons. The van der Waals surface area contributed by atoms with E-state index in [-0.39, 0.29) is 11.8 Å². The zero-order chi connectivity index (χ0) is 13.8. The Labute approximate surface area is 108 Å². The first-order valence-corrected chi connectivity index (χ1v) is 6.51. The first kappa shape index (κ1) is 15.0. The number of carbonyl (C=O) groups is 2. The van der Waals surface area contributed by atoms with Crippen LogP contribution in [-0.4, -0.2) is 34.7 Å². The molecule has 1 aliphatic carbocycles. The fourth-order valence-electron chi connectivity index (χ4n) is 2.66. The van der Waals surface area contributed by atoms with Gasteiger partial charge in [-0.2, -0.15) is 0 Å². The third-order valence-electron chi connectivity index (χ3n) is 3.94. The van der Waals surface area contributed by atoms with Crippen molar-refractivity contribution in [3.05, 3.63) is 0 Å². The van der Waals surface area contributed by atoms with Crippen LogP contribution in [0.15, 0.2) is 0 Å². The van der Waals surface area contributed by atoms with Crippen molar-refractivity contribution in [2.75, 3.05) is 6.54 Å². The van der Waals surface area contributed by atoms with Crippen molar-refractivity contribution in [2.24, 2.45) is 11.3 Å². The monoisotopic (exact) mass is 257 g/mol. The summed E-state index contributed by atoms with van der Waals surface area (Å²) in [6.45, 7) is 4.78. The quantitative estimate of drug-likeness (QED) is 0.646. The van der Waals surface area contributed by atoms with Gasteiger partial charge in [-0.15, -0.1) is 0 Å². The van der Waals surface area contributed by atoms with Gasteiger partial charge < -0.3 is 15.5 Å². The molecule has 0 aliphatic heterocycles. The van der Waals surface area contributed by atoms with Gasteiger partial charge in [0.05, 0.1) is 6.42 Å². The molecule has 5 nitrogen and oxygen atoms in total. The maximum Gasteiger partial charge on any atom is 0.321 e. The predicted octanol–water partition coefficient (Wildman–Crippen LogP) is 1.72. The molecule has 0 radical (unpaired) electrons. The van der Waals surface area contributed by atoms with E-state index in [9.17, 15) is 9.59 Å². The Morgan fingerprint density at radius 2 is 1.83 bits per heavy atom. The molecule has 18 heavy (non-hydrogen) atoms. The highest BCUT2D eigenvalue weighted by molar-refractivity contribution is 5.80. The summed E-state index contributed by atoms with van der Waals surface area (Å²) >= 11 is 0. The molecule has 3 N–H and O–H groups in total. The highest BCUT2D eigenvalue weighted by Gasteiger charge is 2.33. The largest absolute Gasteiger partial charge is 0.481 e. The molecule has 0 spiro atoms. The van der Waals surface area contributed by atoms with E-state index in [1.807, 2.05) is 0 Å². The number of hydrogen-bond donors (Lipinski definition) is 3. The third kappa shape index (κ3) is 4.29. The number of nitrogens with one attached hydrogen (secondary N) is 1. The smallest absolute Gasteiger partial charge is 0.321 e. The van der Waals surface area contributed by atoms with Crippen LogP contribution in [0, 0.1) is 11.3 Å². The summed E-state index contributed by atoms with van der Waals surface area (Å²) in [7, 11) is 0. The van der Waals surface area contributed by atoms with E-state index in [2.05, 4.69) is 19.2 Å². The maximum atomic E-state index is 10.9. The Balaban J connectivity index is 2.49. The summed E-state index contributed by atoms with van der Waals surface area (Å²) < 4.78 is 0. The Morgan fingerprint density at radius 3 is 2.28 bits per heavy atom. The van der Waals surface area contributed by atoms with Gasteiger partial charge in [-0.1, -0.05) is 26.7 Å². The Hall–Kier alpha value is -1.10. The van der Waals surface area contributed by atoms with E-state index in [1.165, 1.54) is 25.7 Å². The second-order valence-electron chi connectivity index (χ2n) is 5.84. The molecule has 1 atom stereocenters. The van der Waals surface area contributed by atoms with E-state index in [1.54, 1.807) is 0 Å². The number of aliphatic carboxylic acids is 2. The fourth-order valence-corrected chi connectivity index (χ4v) is 2.66. The molecular formula is C13H23NO4. The Bertz CT molecular complexity index is 308. The van der Waals surface area contributed by atoms with Crippen LogP contribution in [0.5, 0.6) is 0 Å². The van der Waals surface area contributed by atoms with Crippen LogP contribution in [-0.2, 0) is 9.59 Å². The van der Waals surface area contributed by atoms with Gasteiger partial charge in [-0.05, 0) is 24.2 Å². The van der Waals surface area contributed by atoms with Crippen molar-refractivity contribution >= 4 is 11.9 Å². The van der Waals surface area contributed by atoms with Crippen LogP contribution in [0.4, 0.5) is 0 Å². The molecule has 0 saturated heterocycles. The number of hydrogen-bond acceptors (Lipinski definition) is 3. The van der Waals surface area contributed by atoms with Crippen LogP contribution in [0.3, 0.4) is 0 Å². The molecule has 0 aromatic carbocycles. The lowest BCUT2D eigenvalue weighted by molar-refractivity contribution is -0.146. The van der Waals surface area contributed by atoms with Gasteiger partial charge in [0.25, 0.3) is 0 Å². The van der Waals surface area contributed by atoms with Gasteiger partial charge in [0, 0.05) is 6.54 Å². The summed E-state index contributed by atoms with van der Waals surface area (Å²) in [5, 5.41) is 20.5. The first-order chi connectivity index (χ1) is 8.33. The average molecular weight is 257 g/mol. The predicted molar refractivity (Wildman–Crippen MR) is 67.4 cm³/mol. The molecule has 1 rings (SSSR count). The Kier molecular flexibility index (Phi) is 5.14. The molecular weight excluding hydrogens is 234 g/mol. The van der Waals surface area contributed by atoms with Crippen LogP contribution in [0.1, 0.15) is 46.0 Å². The van der Waals surface area contributed by atoms with E-state index in [4.69, 9.17) is 10.2 Å². The SMILES string of the molecule is CC(C)(CNC(CC(=O)O)C(=O)O)C1CCCC1. The van der Waals surface area contributed by atoms with Crippen molar-refractivity contribution in [1.29, 1.82) is 0 Å². The molecule has 1 unspecified atom stereocenters. The van der Waals surface area contributed by atoms with Gasteiger partial charge in [0.2, 0.25) is 0 Å². The topological polar surface area (TPSA) is 86.6 Å². The van der Waals surface area contributed by atoms with Crippen molar-refractivity contribution < 1.29 is 19.8 Å². The molecule has 0 aromatic heterocycles. The number of carboxylic acids is 2.